The number of hydrogen-bond acceptors (Lipinski definition) is 2. The van der Waals surface area contributed by atoms with Gasteiger partial charge in [0.05, 0.1) is 0 Å². The molecule has 0 amide bonds. The van der Waals surface area contributed by atoms with E-state index < -0.39 is 0 Å². The number of likely N-dealkylation sites (N-methyl/N-ethyl adjacent to an activating group) is 1. The first-order valence-corrected chi connectivity index (χ1v) is 9.52. The molecule has 1 aromatic rings. The molecule has 0 spiro atoms. The van der Waals surface area contributed by atoms with Crippen LogP contribution in [-0.4, -0.2) is 36.8 Å². The number of rotatable bonds is 2. The highest BCUT2D eigenvalue weighted by molar-refractivity contribution is 6.04. The van der Waals surface area contributed by atoms with E-state index >= 15 is 0 Å². The Hall–Kier alpha value is -1.67. The summed E-state index contributed by atoms with van der Waals surface area (Å²) in [5.74, 6) is 0.717. The average molecular weight is 318 g/mol. The Balaban J connectivity index is 1.45. The van der Waals surface area contributed by atoms with Crippen LogP contribution in [0, 0.1) is 5.92 Å². The smallest absolute Gasteiger partial charge is 0.0465 e. The lowest BCUT2D eigenvalue weighted by atomic mass is 9.70. The first-order valence-electron chi connectivity index (χ1n) is 9.52. The molecule has 0 N–H and O–H groups in total. The van der Waals surface area contributed by atoms with Crippen LogP contribution in [0.2, 0.25) is 0 Å². The van der Waals surface area contributed by atoms with E-state index in [1.165, 1.54) is 49.8 Å². The number of fused-ring (bicyclic) bond motifs is 1. The molecular weight excluding hydrogens is 292 g/mol. The fourth-order valence-corrected chi connectivity index (χ4v) is 5.29. The first kappa shape index (κ1) is 14.7. The molecule has 2 nitrogen and oxygen atoms in total. The molecule has 2 heteroatoms. The van der Waals surface area contributed by atoms with E-state index in [0.29, 0.717) is 6.04 Å². The maximum atomic E-state index is 4.88. The summed E-state index contributed by atoms with van der Waals surface area (Å²) < 4.78 is 0. The van der Waals surface area contributed by atoms with Crippen molar-refractivity contribution in [1.82, 2.24) is 4.90 Å². The minimum absolute atomic E-state index is 0.652. The van der Waals surface area contributed by atoms with Crippen molar-refractivity contribution >= 4 is 5.71 Å². The Morgan fingerprint density at radius 1 is 1.08 bits per heavy atom. The van der Waals surface area contributed by atoms with Gasteiger partial charge >= 0.3 is 0 Å². The molecule has 2 aliphatic carbocycles. The third-order valence-electron chi connectivity index (χ3n) is 6.50. The molecule has 0 bridgehead atoms. The second-order valence-corrected chi connectivity index (χ2v) is 7.98. The van der Waals surface area contributed by atoms with Crippen LogP contribution < -0.4 is 0 Å². The zero-order valence-corrected chi connectivity index (χ0v) is 14.6. The maximum absolute atomic E-state index is 4.88. The zero-order valence-electron chi connectivity index (χ0n) is 14.6. The minimum Gasteiger partial charge on any atom is -0.299 e. The fraction of sp³-hybridized carbons (Fsp3) is 0.500. The molecule has 0 saturated carbocycles. The fourth-order valence-electron chi connectivity index (χ4n) is 5.29. The van der Waals surface area contributed by atoms with Gasteiger partial charge in [-0.1, -0.05) is 35.9 Å². The van der Waals surface area contributed by atoms with Crippen LogP contribution >= 0.6 is 0 Å². The lowest BCUT2D eigenvalue weighted by Crippen LogP contribution is -2.41. The van der Waals surface area contributed by atoms with Gasteiger partial charge in [-0.25, -0.2) is 0 Å². The van der Waals surface area contributed by atoms with E-state index in [9.17, 15) is 0 Å². The Morgan fingerprint density at radius 3 is 2.83 bits per heavy atom. The van der Waals surface area contributed by atoms with Crippen molar-refractivity contribution in [2.45, 2.75) is 44.6 Å². The third-order valence-corrected chi connectivity index (χ3v) is 6.50. The molecule has 2 aliphatic heterocycles. The van der Waals surface area contributed by atoms with Crippen LogP contribution in [0.3, 0.4) is 0 Å². The summed E-state index contributed by atoms with van der Waals surface area (Å²) in [5.41, 5.74) is 9.77. The molecule has 0 radical (unpaired) electrons. The van der Waals surface area contributed by atoms with E-state index in [-0.39, 0.29) is 0 Å². The summed E-state index contributed by atoms with van der Waals surface area (Å²) in [5, 5.41) is 0. The SMILES string of the molecule is CN1CC2=C(CC3CN=C4CCCC2=C43)CC1Cc1ccccc1. The zero-order chi connectivity index (χ0) is 16.1. The van der Waals surface area contributed by atoms with Crippen molar-refractivity contribution in [2.75, 3.05) is 20.1 Å². The molecule has 0 saturated heterocycles. The Kier molecular flexibility index (Phi) is 3.48. The van der Waals surface area contributed by atoms with E-state index in [1.54, 1.807) is 22.3 Å². The second kappa shape index (κ2) is 5.70. The van der Waals surface area contributed by atoms with Crippen LogP contribution in [0.15, 0.2) is 57.6 Å². The molecule has 2 atom stereocenters. The van der Waals surface area contributed by atoms with Gasteiger partial charge in [0, 0.05) is 30.8 Å². The molecule has 2 unspecified atom stereocenters. The Labute approximate surface area is 145 Å². The molecule has 0 fully saturated rings. The van der Waals surface area contributed by atoms with E-state index in [4.69, 9.17) is 4.99 Å². The van der Waals surface area contributed by atoms with Crippen molar-refractivity contribution in [3.05, 3.63) is 58.2 Å². The highest BCUT2D eigenvalue weighted by atomic mass is 15.1. The maximum Gasteiger partial charge on any atom is 0.0465 e. The Bertz CT molecular complexity index is 753. The van der Waals surface area contributed by atoms with Crippen LogP contribution in [0.5, 0.6) is 0 Å². The highest BCUT2D eigenvalue weighted by Gasteiger charge is 2.39. The van der Waals surface area contributed by atoms with Crippen LogP contribution in [0.25, 0.3) is 0 Å². The number of nitrogens with zero attached hydrogens (tertiary/aromatic N) is 2. The van der Waals surface area contributed by atoms with Crippen LogP contribution in [0.1, 0.15) is 37.7 Å². The van der Waals surface area contributed by atoms with Gasteiger partial charge in [0.2, 0.25) is 0 Å². The van der Waals surface area contributed by atoms with E-state index in [0.717, 1.165) is 19.0 Å². The molecule has 24 heavy (non-hydrogen) atoms. The number of hydrogen-bond donors (Lipinski definition) is 0. The summed E-state index contributed by atoms with van der Waals surface area (Å²) in [4.78, 5) is 7.48. The summed E-state index contributed by atoms with van der Waals surface area (Å²) >= 11 is 0. The van der Waals surface area contributed by atoms with Crippen LogP contribution in [-0.2, 0) is 6.42 Å². The normalized spacial score (nSPS) is 29.5. The molecule has 5 rings (SSSR count). The van der Waals surface area contributed by atoms with E-state index in [2.05, 4.69) is 42.3 Å². The summed E-state index contributed by atoms with van der Waals surface area (Å²) in [6.07, 6.45) is 7.53. The van der Waals surface area contributed by atoms with Gasteiger partial charge in [0.25, 0.3) is 0 Å². The molecule has 4 aliphatic rings. The summed E-state index contributed by atoms with van der Waals surface area (Å²) in [7, 11) is 2.32. The standard InChI is InChI=1S/C22H26N2/c1-24-14-20-16(12-18(24)10-15-6-3-2-4-7-15)11-17-13-23-21-9-5-8-19(20)22(17)21/h2-4,6-7,17-18H,5,8-14H2,1H3. The van der Waals surface area contributed by atoms with Crippen molar-refractivity contribution in [1.29, 1.82) is 0 Å². The summed E-state index contributed by atoms with van der Waals surface area (Å²) in [6.45, 7) is 2.20. The highest BCUT2D eigenvalue weighted by Crippen LogP contribution is 2.47. The summed E-state index contributed by atoms with van der Waals surface area (Å²) in [6, 6.07) is 11.7. The minimum atomic E-state index is 0.652. The largest absolute Gasteiger partial charge is 0.299 e. The first-order chi connectivity index (χ1) is 11.8. The van der Waals surface area contributed by atoms with Crippen molar-refractivity contribution < 1.29 is 0 Å². The topological polar surface area (TPSA) is 15.6 Å². The van der Waals surface area contributed by atoms with Crippen molar-refractivity contribution in [2.24, 2.45) is 10.9 Å². The lowest BCUT2D eigenvalue weighted by Gasteiger charge is -2.41. The predicted octanol–water partition coefficient (Wildman–Crippen LogP) is 4.18. The van der Waals surface area contributed by atoms with Crippen molar-refractivity contribution in [3.63, 3.8) is 0 Å². The van der Waals surface area contributed by atoms with Gasteiger partial charge in [-0.3, -0.25) is 9.89 Å². The quantitative estimate of drug-likeness (QED) is 0.798. The third kappa shape index (κ3) is 2.31. The van der Waals surface area contributed by atoms with Gasteiger partial charge in [-0.2, -0.15) is 0 Å². The van der Waals surface area contributed by atoms with Gasteiger partial charge in [-0.15, -0.1) is 0 Å². The monoisotopic (exact) mass is 318 g/mol. The van der Waals surface area contributed by atoms with Gasteiger partial charge in [-0.05, 0) is 67.9 Å². The number of benzene rings is 1. The van der Waals surface area contributed by atoms with Gasteiger partial charge in [0.1, 0.15) is 0 Å². The van der Waals surface area contributed by atoms with Gasteiger partial charge < -0.3 is 0 Å². The van der Waals surface area contributed by atoms with Crippen LogP contribution in [0.4, 0.5) is 0 Å². The lowest BCUT2D eigenvalue weighted by molar-refractivity contribution is 0.236. The molecule has 1 aromatic carbocycles. The molecule has 2 heterocycles. The van der Waals surface area contributed by atoms with Gasteiger partial charge in [0.15, 0.2) is 0 Å². The molecule has 124 valence electrons. The molecule has 0 aromatic heterocycles. The van der Waals surface area contributed by atoms with Crippen molar-refractivity contribution in [3.8, 4) is 0 Å². The number of aliphatic imine (C=N–C) groups is 1. The Morgan fingerprint density at radius 2 is 1.96 bits per heavy atom. The molecular formula is C22H26N2. The van der Waals surface area contributed by atoms with E-state index in [1.807, 2.05) is 0 Å². The average Bonchev–Trinajstić information content (AvgIpc) is 3.02. The second-order valence-electron chi connectivity index (χ2n) is 7.98. The predicted molar refractivity (Wildman–Crippen MR) is 99.5 cm³/mol.